The molecule has 0 saturated heterocycles. The molecule has 7 heteroatoms. The molecule has 0 atom stereocenters. The summed E-state index contributed by atoms with van der Waals surface area (Å²) < 4.78 is 14.2. The van der Waals surface area contributed by atoms with E-state index in [-0.39, 0.29) is 22.1 Å². The highest BCUT2D eigenvalue weighted by Crippen LogP contribution is 2.16. The molecule has 0 aliphatic carbocycles. The minimum Gasteiger partial charge on any atom is -0.352 e. The second-order valence-electron chi connectivity index (χ2n) is 4.32. The first-order chi connectivity index (χ1) is 10.1. The maximum Gasteiger partial charge on any atom is 0.266 e. The van der Waals surface area contributed by atoms with Crippen molar-refractivity contribution >= 4 is 17.5 Å². The van der Waals surface area contributed by atoms with Crippen molar-refractivity contribution in [3.05, 3.63) is 63.3 Å². The normalized spacial score (nSPS) is 10.4. The van der Waals surface area contributed by atoms with Gasteiger partial charge in [-0.05, 0) is 30.7 Å². The van der Waals surface area contributed by atoms with Gasteiger partial charge in [0, 0.05) is 25.4 Å². The first-order valence-corrected chi connectivity index (χ1v) is 6.71. The number of hydrogen-bond acceptors (Lipinski definition) is 3. The average Bonchev–Trinajstić information content (AvgIpc) is 2.45. The van der Waals surface area contributed by atoms with Gasteiger partial charge < -0.3 is 5.32 Å². The number of amides is 1. The Morgan fingerprint density at radius 2 is 2.19 bits per heavy atom. The highest BCUT2D eigenvalue weighted by atomic mass is 35.5. The van der Waals surface area contributed by atoms with E-state index in [0.717, 1.165) is 6.07 Å². The molecule has 0 radical (unpaired) electrons. The van der Waals surface area contributed by atoms with Crippen LogP contribution in [0.1, 0.15) is 16.8 Å². The summed E-state index contributed by atoms with van der Waals surface area (Å²) in [7, 11) is 0. The maximum absolute atomic E-state index is 12.9. The summed E-state index contributed by atoms with van der Waals surface area (Å²) in [4.78, 5) is 23.3. The zero-order chi connectivity index (χ0) is 15.2. The Kier molecular flexibility index (Phi) is 5.05. The van der Waals surface area contributed by atoms with Gasteiger partial charge in [-0.2, -0.15) is 5.10 Å². The summed E-state index contributed by atoms with van der Waals surface area (Å²) in [6.07, 6.45) is 2.07. The van der Waals surface area contributed by atoms with Crippen molar-refractivity contribution in [3.63, 3.8) is 0 Å². The van der Waals surface area contributed by atoms with Crippen LogP contribution in [-0.2, 0) is 6.54 Å². The van der Waals surface area contributed by atoms with Crippen molar-refractivity contribution in [2.75, 3.05) is 6.54 Å². The van der Waals surface area contributed by atoms with Crippen molar-refractivity contribution < 1.29 is 9.18 Å². The van der Waals surface area contributed by atoms with Crippen LogP contribution in [0.25, 0.3) is 0 Å². The first kappa shape index (κ1) is 15.2. The van der Waals surface area contributed by atoms with E-state index in [1.807, 2.05) is 0 Å². The number of hydrogen-bond donors (Lipinski definition) is 1. The number of nitrogens with zero attached hydrogens (tertiary/aromatic N) is 2. The molecule has 5 nitrogen and oxygen atoms in total. The fourth-order valence-electron chi connectivity index (χ4n) is 1.75. The lowest BCUT2D eigenvalue weighted by atomic mass is 10.2. The van der Waals surface area contributed by atoms with Gasteiger partial charge in [0.05, 0.1) is 10.6 Å². The molecule has 1 heterocycles. The number of rotatable bonds is 5. The fourth-order valence-corrected chi connectivity index (χ4v) is 2.01. The summed E-state index contributed by atoms with van der Waals surface area (Å²) in [5, 5.41) is 6.63. The molecular weight excluding hydrogens is 297 g/mol. The third-order valence-corrected chi connectivity index (χ3v) is 3.11. The summed E-state index contributed by atoms with van der Waals surface area (Å²) in [6.45, 7) is 0.757. The van der Waals surface area contributed by atoms with Gasteiger partial charge in [-0.25, -0.2) is 9.07 Å². The van der Waals surface area contributed by atoms with Crippen molar-refractivity contribution in [1.29, 1.82) is 0 Å². The van der Waals surface area contributed by atoms with Crippen LogP contribution in [0.2, 0.25) is 5.02 Å². The van der Waals surface area contributed by atoms with Crippen LogP contribution in [0.15, 0.2) is 41.3 Å². The predicted molar refractivity (Wildman–Crippen MR) is 76.9 cm³/mol. The number of nitrogens with one attached hydrogen (secondary N) is 1. The molecule has 0 spiro atoms. The van der Waals surface area contributed by atoms with Crippen LogP contribution in [-0.4, -0.2) is 22.2 Å². The molecule has 0 aliphatic rings. The molecule has 1 N–H and O–H groups in total. The molecule has 1 aromatic heterocycles. The molecule has 1 aromatic carbocycles. The van der Waals surface area contributed by atoms with Gasteiger partial charge in [0.25, 0.3) is 11.5 Å². The quantitative estimate of drug-likeness (QED) is 0.857. The average molecular weight is 310 g/mol. The Hall–Kier alpha value is -2.21. The van der Waals surface area contributed by atoms with Gasteiger partial charge in [0.15, 0.2) is 0 Å². The predicted octanol–water partition coefficient (Wildman–Crippen LogP) is 1.86. The van der Waals surface area contributed by atoms with Gasteiger partial charge in [0.1, 0.15) is 5.82 Å². The number of carbonyl (C=O) groups is 1. The smallest absolute Gasteiger partial charge is 0.266 e. The standard InChI is InChI=1S/C14H13ClFN3O2/c15-12-9-10(16)4-5-11(12)14(21)17-6-2-8-19-13(20)3-1-7-18-19/h1,3-5,7,9H,2,6,8H2,(H,17,21). The maximum atomic E-state index is 12.9. The molecule has 0 fully saturated rings. The zero-order valence-electron chi connectivity index (χ0n) is 11.1. The lowest BCUT2D eigenvalue weighted by molar-refractivity contribution is 0.0952. The van der Waals surface area contributed by atoms with Crippen molar-refractivity contribution in [2.45, 2.75) is 13.0 Å². The van der Waals surface area contributed by atoms with Gasteiger partial charge >= 0.3 is 0 Å². The van der Waals surface area contributed by atoms with Crippen molar-refractivity contribution in [2.24, 2.45) is 0 Å². The zero-order valence-corrected chi connectivity index (χ0v) is 11.8. The number of benzene rings is 1. The van der Waals surface area contributed by atoms with E-state index in [0.29, 0.717) is 19.5 Å². The molecule has 2 rings (SSSR count). The molecule has 0 aliphatic heterocycles. The summed E-state index contributed by atoms with van der Waals surface area (Å²) >= 11 is 5.80. The third kappa shape index (κ3) is 4.13. The summed E-state index contributed by atoms with van der Waals surface area (Å²) in [6, 6.07) is 6.58. The largest absolute Gasteiger partial charge is 0.352 e. The van der Waals surface area contributed by atoms with Gasteiger partial charge in [0.2, 0.25) is 0 Å². The van der Waals surface area contributed by atoms with Gasteiger partial charge in [-0.3, -0.25) is 9.59 Å². The minimum atomic E-state index is -0.494. The van der Waals surface area contributed by atoms with Crippen LogP contribution >= 0.6 is 11.6 Å². The Morgan fingerprint density at radius 3 is 2.90 bits per heavy atom. The SMILES string of the molecule is O=C(NCCCn1ncccc1=O)c1ccc(F)cc1Cl. The third-order valence-electron chi connectivity index (χ3n) is 2.79. The Labute approximate surface area is 125 Å². The van der Waals surface area contributed by atoms with E-state index in [2.05, 4.69) is 10.4 Å². The van der Waals surface area contributed by atoms with E-state index in [1.165, 1.54) is 29.1 Å². The lowest BCUT2D eigenvalue weighted by Gasteiger charge is -2.07. The highest BCUT2D eigenvalue weighted by molar-refractivity contribution is 6.33. The molecule has 110 valence electrons. The molecular formula is C14H13ClFN3O2. The van der Waals surface area contributed by atoms with Crippen LogP contribution in [0.5, 0.6) is 0 Å². The van der Waals surface area contributed by atoms with Crippen molar-refractivity contribution in [1.82, 2.24) is 15.1 Å². The molecule has 21 heavy (non-hydrogen) atoms. The number of carbonyl (C=O) groups excluding carboxylic acids is 1. The van der Waals surface area contributed by atoms with Gasteiger partial charge in [-0.15, -0.1) is 0 Å². The number of aryl methyl sites for hydroxylation is 1. The Balaban J connectivity index is 1.85. The number of halogens is 2. The molecule has 1 amide bonds. The number of aromatic nitrogens is 2. The lowest BCUT2D eigenvalue weighted by Crippen LogP contribution is -2.28. The molecule has 0 bridgehead atoms. The van der Waals surface area contributed by atoms with Crippen LogP contribution in [0.3, 0.4) is 0 Å². The molecule has 0 unspecified atom stereocenters. The van der Waals surface area contributed by atoms with E-state index in [1.54, 1.807) is 6.07 Å². The van der Waals surface area contributed by atoms with E-state index >= 15 is 0 Å². The Morgan fingerprint density at radius 1 is 1.38 bits per heavy atom. The molecule has 0 saturated carbocycles. The Bertz CT molecular complexity index is 703. The van der Waals surface area contributed by atoms with E-state index < -0.39 is 5.82 Å². The summed E-state index contributed by atoms with van der Waals surface area (Å²) in [5.74, 6) is -0.876. The van der Waals surface area contributed by atoms with E-state index in [4.69, 9.17) is 11.6 Å². The highest BCUT2D eigenvalue weighted by Gasteiger charge is 2.10. The monoisotopic (exact) mass is 309 g/mol. The first-order valence-electron chi connectivity index (χ1n) is 6.33. The summed E-state index contributed by atoms with van der Waals surface area (Å²) in [5.41, 5.74) is 0.0264. The topological polar surface area (TPSA) is 64.0 Å². The van der Waals surface area contributed by atoms with Crippen molar-refractivity contribution in [3.8, 4) is 0 Å². The van der Waals surface area contributed by atoms with Crippen LogP contribution < -0.4 is 10.9 Å². The second kappa shape index (κ2) is 6.99. The fraction of sp³-hybridized carbons (Fsp3) is 0.214. The van der Waals surface area contributed by atoms with Gasteiger partial charge in [-0.1, -0.05) is 11.6 Å². The van der Waals surface area contributed by atoms with Crippen LogP contribution in [0, 0.1) is 5.82 Å². The minimum absolute atomic E-state index is 0.0634. The van der Waals surface area contributed by atoms with E-state index in [9.17, 15) is 14.0 Å². The second-order valence-corrected chi connectivity index (χ2v) is 4.73. The van der Waals surface area contributed by atoms with Crippen LogP contribution in [0.4, 0.5) is 4.39 Å². The molecule has 2 aromatic rings.